The van der Waals surface area contributed by atoms with Crippen LogP contribution in [0.1, 0.15) is 36.4 Å². The molecule has 0 aliphatic carbocycles. The molecule has 0 heterocycles. The Hall–Kier alpha value is -1.55. The average molecular weight is 265 g/mol. The average Bonchev–Trinajstić information content (AvgIpc) is 2.33. The molecule has 0 bridgehead atoms. The predicted molar refractivity (Wildman–Crippen MR) is 75.6 cm³/mol. The van der Waals surface area contributed by atoms with Crippen molar-refractivity contribution in [1.29, 1.82) is 0 Å². The van der Waals surface area contributed by atoms with Gasteiger partial charge in [0.15, 0.2) is 0 Å². The molecule has 1 aromatic carbocycles. The summed E-state index contributed by atoms with van der Waals surface area (Å²) in [6, 6.07) is 6.38. The second kappa shape index (κ2) is 7.14. The van der Waals surface area contributed by atoms with Crippen LogP contribution in [0.2, 0.25) is 0 Å². The molecule has 0 radical (unpaired) electrons. The number of rotatable bonds is 7. The standard InChI is InChI=1S/C15H23NO3/c1-11-10-12(8-9-14(11)19-4)13(16(2)3)6-5-7-15(17)18/h8-10,13H,5-7H2,1-4H3,(H,17,18). The lowest BCUT2D eigenvalue weighted by atomic mass is 9.98. The van der Waals surface area contributed by atoms with E-state index in [9.17, 15) is 4.79 Å². The largest absolute Gasteiger partial charge is 0.496 e. The summed E-state index contributed by atoms with van der Waals surface area (Å²) in [7, 11) is 5.70. The summed E-state index contributed by atoms with van der Waals surface area (Å²) in [6.45, 7) is 2.02. The summed E-state index contributed by atoms with van der Waals surface area (Å²) in [4.78, 5) is 12.7. The first-order valence-corrected chi connectivity index (χ1v) is 6.48. The maximum Gasteiger partial charge on any atom is 0.303 e. The monoisotopic (exact) mass is 265 g/mol. The molecule has 0 spiro atoms. The summed E-state index contributed by atoms with van der Waals surface area (Å²) in [5.41, 5.74) is 2.30. The van der Waals surface area contributed by atoms with E-state index in [4.69, 9.17) is 9.84 Å². The fourth-order valence-corrected chi connectivity index (χ4v) is 2.28. The number of carboxylic acid groups (broad SMARTS) is 1. The fraction of sp³-hybridized carbons (Fsp3) is 0.533. The Morgan fingerprint density at radius 1 is 1.42 bits per heavy atom. The van der Waals surface area contributed by atoms with Gasteiger partial charge in [-0.25, -0.2) is 0 Å². The van der Waals surface area contributed by atoms with E-state index in [1.165, 1.54) is 5.56 Å². The molecule has 4 heteroatoms. The Morgan fingerprint density at radius 3 is 2.58 bits per heavy atom. The molecule has 1 N–H and O–H groups in total. The van der Waals surface area contributed by atoms with Crippen LogP contribution in [0.15, 0.2) is 18.2 Å². The number of methoxy groups -OCH3 is 1. The third-order valence-electron chi connectivity index (χ3n) is 3.30. The van der Waals surface area contributed by atoms with Gasteiger partial charge in [0.25, 0.3) is 0 Å². The van der Waals surface area contributed by atoms with Gasteiger partial charge in [0, 0.05) is 12.5 Å². The lowest BCUT2D eigenvalue weighted by Gasteiger charge is -2.25. The molecule has 0 amide bonds. The van der Waals surface area contributed by atoms with E-state index in [0.29, 0.717) is 6.42 Å². The molecule has 1 atom stereocenters. The Labute approximate surface area is 115 Å². The van der Waals surface area contributed by atoms with Gasteiger partial charge in [-0.15, -0.1) is 0 Å². The van der Waals surface area contributed by atoms with Crippen molar-refractivity contribution in [2.75, 3.05) is 21.2 Å². The van der Waals surface area contributed by atoms with E-state index in [1.54, 1.807) is 7.11 Å². The normalized spacial score (nSPS) is 12.5. The van der Waals surface area contributed by atoms with E-state index in [0.717, 1.165) is 17.7 Å². The van der Waals surface area contributed by atoms with Crippen LogP contribution in [0.4, 0.5) is 0 Å². The van der Waals surface area contributed by atoms with Crippen molar-refractivity contribution in [3.05, 3.63) is 29.3 Å². The number of hydrogen-bond acceptors (Lipinski definition) is 3. The number of aliphatic carboxylic acids is 1. The zero-order chi connectivity index (χ0) is 14.4. The first-order chi connectivity index (χ1) is 8.95. The Kier molecular flexibility index (Phi) is 5.83. The van der Waals surface area contributed by atoms with Crippen molar-refractivity contribution in [1.82, 2.24) is 4.90 Å². The van der Waals surface area contributed by atoms with E-state index in [1.807, 2.05) is 27.1 Å². The van der Waals surface area contributed by atoms with Gasteiger partial charge in [0.2, 0.25) is 0 Å². The second-order valence-electron chi connectivity index (χ2n) is 4.99. The van der Waals surface area contributed by atoms with E-state index >= 15 is 0 Å². The van der Waals surface area contributed by atoms with Crippen LogP contribution in [0, 0.1) is 6.92 Å². The zero-order valence-corrected chi connectivity index (χ0v) is 12.1. The predicted octanol–water partition coefficient (Wildman–Crippen LogP) is 2.86. The van der Waals surface area contributed by atoms with Gasteiger partial charge < -0.3 is 14.7 Å². The minimum atomic E-state index is -0.733. The molecule has 0 aliphatic heterocycles. The van der Waals surface area contributed by atoms with Crippen molar-refractivity contribution >= 4 is 5.97 Å². The van der Waals surface area contributed by atoms with Crippen molar-refractivity contribution in [2.45, 2.75) is 32.2 Å². The number of carboxylic acids is 1. The summed E-state index contributed by atoms with van der Waals surface area (Å²) >= 11 is 0. The van der Waals surface area contributed by atoms with Gasteiger partial charge in [-0.2, -0.15) is 0 Å². The summed E-state index contributed by atoms with van der Waals surface area (Å²) in [6.07, 6.45) is 1.74. The minimum Gasteiger partial charge on any atom is -0.496 e. The van der Waals surface area contributed by atoms with E-state index < -0.39 is 5.97 Å². The highest BCUT2D eigenvalue weighted by Crippen LogP contribution is 2.28. The number of ether oxygens (including phenoxy) is 1. The molecule has 0 saturated carbocycles. The molecule has 0 aromatic heterocycles. The molecular weight excluding hydrogens is 242 g/mol. The number of carbonyl (C=O) groups is 1. The maximum atomic E-state index is 10.6. The third kappa shape index (κ3) is 4.56. The Balaban J connectivity index is 2.81. The Bertz CT molecular complexity index is 429. The number of nitrogens with zero attached hydrogens (tertiary/aromatic N) is 1. The van der Waals surface area contributed by atoms with Crippen LogP contribution in [-0.2, 0) is 4.79 Å². The van der Waals surface area contributed by atoms with Crippen LogP contribution in [-0.4, -0.2) is 37.2 Å². The molecule has 0 saturated heterocycles. The van der Waals surface area contributed by atoms with Crippen LogP contribution in [0.25, 0.3) is 0 Å². The highest BCUT2D eigenvalue weighted by molar-refractivity contribution is 5.66. The first kappa shape index (κ1) is 15.5. The highest BCUT2D eigenvalue weighted by Gasteiger charge is 2.15. The topological polar surface area (TPSA) is 49.8 Å². The summed E-state index contributed by atoms with van der Waals surface area (Å²) in [5, 5.41) is 8.72. The maximum absolute atomic E-state index is 10.6. The zero-order valence-electron chi connectivity index (χ0n) is 12.1. The van der Waals surface area contributed by atoms with Gasteiger partial charge in [0.05, 0.1) is 7.11 Å². The second-order valence-corrected chi connectivity index (χ2v) is 4.99. The number of benzene rings is 1. The molecule has 1 aromatic rings. The smallest absolute Gasteiger partial charge is 0.303 e. The summed E-state index contributed by atoms with van der Waals surface area (Å²) < 4.78 is 5.26. The van der Waals surface area contributed by atoms with Crippen molar-refractivity contribution in [2.24, 2.45) is 0 Å². The molecule has 1 rings (SSSR count). The first-order valence-electron chi connectivity index (χ1n) is 6.48. The number of aryl methyl sites for hydroxylation is 1. The van der Waals surface area contributed by atoms with E-state index in [-0.39, 0.29) is 12.5 Å². The third-order valence-corrected chi connectivity index (χ3v) is 3.30. The SMILES string of the molecule is COc1ccc(C(CCCC(=O)O)N(C)C)cc1C. The molecule has 19 heavy (non-hydrogen) atoms. The fourth-order valence-electron chi connectivity index (χ4n) is 2.28. The molecule has 0 aliphatic rings. The highest BCUT2D eigenvalue weighted by atomic mass is 16.5. The van der Waals surface area contributed by atoms with Crippen LogP contribution < -0.4 is 4.74 Å². The molecule has 1 unspecified atom stereocenters. The van der Waals surface area contributed by atoms with E-state index in [2.05, 4.69) is 17.0 Å². The molecule has 4 nitrogen and oxygen atoms in total. The van der Waals surface area contributed by atoms with Gasteiger partial charge in [-0.05, 0) is 51.1 Å². The van der Waals surface area contributed by atoms with Crippen molar-refractivity contribution in [3.8, 4) is 5.75 Å². The minimum absolute atomic E-state index is 0.222. The van der Waals surface area contributed by atoms with Crippen LogP contribution >= 0.6 is 0 Å². The molecular formula is C15H23NO3. The number of hydrogen-bond donors (Lipinski definition) is 1. The van der Waals surface area contributed by atoms with Crippen molar-refractivity contribution < 1.29 is 14.6 Å². The van der Waals surface area contributed by atoms with Crippen LogP contribution in [0.5, 0.6) is 5.75 Å². The summed E-state index contributed by atoms with van der Waals surface area (Å²) in [5.74, 6) is 0.148. The van der Waals surface area contributed by atoms with Gasteiger partial charge in [0.1, 0.15) is 5.75 Å². The lowest BCUT2D eigenvalue weighted by molar-refractivity contribution is -0.137. The van der Waals surface area contributed by atoms with Crippen LogP contribution in [0.3, 0.4) is 0 Å². The van der Waals surface area contributed by atoms with Gasteiger partial charge >= 0.3 is 5.97 Å². The van der Waals surface area contributed by atoms with Gasteiger partial charge in [-0.1, -0.05) is 12.1 Å². The quantitative estimate of drug-likeness (QED) is 0.823. The van der Waals surface area contributed by atoms with Crippen molar-refractivity contribution in [3.63, 3.8) is 0 Å². The molecule has 106 valence electrons. The Morgan fingerprint density at radius 2 is 2.11 bits per heavy atom. The molecule has 0 fully saturated rings. The lowest BCUT2D eigenvalue weighted by Crippen LogP contribution is -2.20. The van der Waals surface area contributed by atoms with Gasteiger partial charge in [-0.3, -0.25) is 4.79 Å².